The molecule has 0 unspecified atom stereocenters. The number of carbonyl (C=O) groups excluding carboxylic acids is 1. The quantitative estimate of drug-likeness (QED) is 0.638. The number of rotatable bonds is 4. The lowest BCUT2D eigenvalue weighted by molar-refractivity contribution is -0.130. The molecule has 0 radical (unpaired) electrons. The predicted molar refractivity (Wildman–Crippen MR) is 88.0 cm³/mol. The normalized spacial score (nSPS) is 15.3. The van der Waals surface area contributed by atoms with Crippen molar-refractivity contribution in [3.8, 4) is 11.5 Å². The summed E-state index contributed by atoms with van der Waals surface area (Å²) in [4.78, 5) is 12.1. The summed E-state index contributed by atoms with van der Waals surface area (Å²) in [6.45, 7) is 0. The zero-order valence-corrected chi connectivity index (χ0v) is 12.9. The molecule has 116 valence electrons. The molecule has 0 bridgehead atoms. The summed E-state index contributed by atoms with van der Waals surface area (Å²) in [6, 6.07) is 15.0. The van der Waals surface area contributed by atoms with Crippen LogP contribution in [0, 0.1) is 0 Å². The van der Waals surface area contributed by atoms with Gasteiger partial charge in [-0.3, -0.25) is 0 Å². The number of hydrogen-bond donors (Lipinski definition) is 0. The maximum atomic E-state index is 12.1. The Balaban J connectivity index is 2.00. The number of esters is 1. The minimum atomic E-state index is -0.381. The van der Waals surface area contributed by atoms with Gasteiger partial charge in [0.05, 0.1) is 25.4 Å². The fourth-order valence-corrected chi connectivity index (χ4v) is 2.36. The Morgan fingerprint density at radius 2 is 1.78 bits per heavy atom. The second kappa shape index (κ2) is 6.40. The molecule has 23 heavy (non-hydrogen) atoms. The van der Waals surface area contributed by atoms with Gasteiger partial charge in [0.15, 0.2) is 0 Å². The van der Waals surface area contributed by atoms with E-state index in [1.807, 2.05) is 30.3 Å². The lowest BCUT2D eigenvalue weighted by Gasteiger charge is -2.10. The fourth-order valence-electron chi connectivity index (χ4n) is 2.36. The highest BCUT2D eigenvalue weighted by molar-refractivity contribution is 6.05. The van der Waals surface area contributed by atoms with Gasteiger partial charge in [0.2, 0.25) is 0 Å². The van der Waals surface area contributed by atoms with E-state index in [1.54, 1.807) is 44.6 Å². The van der Waals surface area contributed by atoms with E-state index < -0.39 is 0 Å². The molecule has 0 aromatic heterocycles. The van der Waals surface area contributed by atoms with Crippen molar-refractivity contribution in [2.75, 3.05) is 14.2 Å². The van der Waals surface area contributed by atoms with E-state index in [0.717, 1.165) is 5.56 Å². The molecule has 0 N–H and O–H groups in total. The topological polar surface area (TPSA) is 44.8 Å². The van der Waals surface area contributed by atoms with Crippen LogP contribution in [0.2, 0.25) is 0 Å². The van der Waals surface area contributed by atoms with Gasteiger partial charge in [0.25, 0.3) is 0 Å². The third-order valence-corrected chi connectivity index (χ3v) is 3.52. The lowest BCUT2D eigenvalue weighted by atomic mass is 10.1. The average molecular weight is 308 g/mol. The second-order valence-electron chi connectivity index (χ2n) is 4.97. The molecule has 0 atom stereocenters. The smallest absolute Gasteiger partial charge is 0.343 e. The summed E-state index contributed by atoms with van der Waals surface area (Å²) < 4.78 is 16.0. The largest absolute Gasteiger partial charge is 0.497 e. The Hall–Kier alpha value is -3.01. The van der Waals surface area contributed by atoms with Gasteiger partial charge in [0.1, 0.15) is 17.3 Å². The van der Waals surface area contributed by atoms with Gasteiger partial charge >= 0.3 is 5.97 Å². The van der Waals surface area contributed by atoms with E-state index in [1.165, 1.54) is 0 Å². The van der Waals surface area contributed by atoms with Crippen LogP contribution in [-0.4, -0.2) is 20.2 Å². The van der Waals surface area contributed by atoms with Crippen LogP contribution >= 0.6 is 0 Å². The van der Waals surface area contributed by atoms with Gasteiger partial charge in [-0.1, -0.05) is 30.3 Å². The lowest BCUT2D eigenvalue weighted by Crippen LogP contribution is -1.98. The van der Waals surface area contributed by atoms with Gasteiger partial charge < -0.3 is 14.2 Å². The van der Waals surface area contributed by atoms with E-state index in [2.05, 4.69) is 0 Å². The van der Waals surface area contributed by atoms with Crippen molar-refractivity contribution in [1.29, 1.82) is 0 Å². The molecule has 2 aromatic carbocycles. The fraction of sp³-hybridized carbons (Fsp3) is 0.105. The van der Waals surface area contributed by atoms with Crippen LogP contribution in [0.4, 0.5) is 0 Å². The van der Waals surface area contributed by atoms with Gasteiger partial charge in [-0.2, -0.15) is 0 Å². The average Bonchev–Trinajstić information content (AvgIpc) is 2.95. The molecule has 0 fully saturated rings. The van der Waals surface area contributed by atoms with E-state index in [4.69, 9.17) is 14.2 Å². The standard InChI is InChI=1S/C19H16O4/c1-21-15-8-9-17(22-2)16(12-15)18-11-14(19(20)23-18)10-13-6-4-3-5-7-13/h3-12H,1-2H3/b14-10-. The van der Waals surface area contributed by atoms with Crippen molar-refractivity contribution in [2.45, 2.75) is 0 Å². The molecule has 1 aliphatic heterocycles. The Morgan fingerprint density at radius 1 is 1.00 bits per heavy atom. The molecule has 0 spiro atoms. The van der Waals surface area contributed by atoms with Crippen LogP contribution in [0.3, 0.4) is 0 Å². The summed E-state index contributed by atoms with van der Waals surface area (Å²) in [6.07, 6.45) is 3.51. The predicted octanol–water partition coefficient (Wildman–Crippen LogP) is 3.69. The van der Waals surface area contributed by atoms with E-state index in [-0.39, 0.29) is 5.97 Å². The van der Waals surface area contributed by atoms with Crippen molar-refractivity contribution in [3.63, 3.8) is 0 Å². The van der Waals surface area contributed by atoms with Crippen LogP contribution in [-0.2, 0) is 9.53 Å². The highest BCUT2D eigenvalue weighted by Crippen LogP contribution is 2.35. The Morgan fingerprint density at radius 3 is 2.48 bits per heavy atom. The van der Waals surface area contributed by atoms with E-state index in [9.17, 15) is 4.79 Å². The number of carbonyl (C=O) groups is 1. The first kappa shape index (κ1) is 14.9. The number of benzene rings is 2. The molecule has 0 saturated carbocycles. The first-order chi connectivity index (χ1) is 11.2. The van der Waals surface area contributed by atoms with Crippen LogP contribution < -0.4 is 9.47 Å². The number of ether oxygens (including phenoxy) is 3. The molecule has 0 aliphatic carbocycles. The highest BCUT2D eigenvalue weighted by Gasteiger charge is 2.24. The van der Waals surface area contributed by atoms with Crippen molar-refractivity contribution in [3.05, 3.63) is 71.3 Å². The molecule has 0 amide bonds. The minimum absolute atomic E-state index is 0.381. The van der Waals surface area contributed by atoms with Gasteiger partial charge in [-0.05, 0) is 35.9 Å². The van der Waals surface area contributed by atoms with E-state index >= 15 is 0 Å². The third kappa shape index (κ3) is 3.11. The Labute approximate surface area is 134 Å². The maximum Gasteiger partial charge on any atom is 0.343 e. The van der Waals surface area contributed by atoms with Crippen LogP contribution in [0.15, 0.2) is 60.2 Å². The van der Waals surface area contributed by atoms with Crippen molar-refractivity contribution >= 4 is 17.8 Å². The van der Waals surface area contributed by atoms with Crippen molar-refractivity contribution in [1.82, 2.24) is 0 Å². The Bertz CT molecular complexity index is 788. The molecule has 0 saturated heterocycles. The first-order valence-corrected chi connectivity index (χ1v) is 7.14. The minimum Gasteiger partial charge on any atom is -0.497 e. The summed E-state index contributed by atoms with van der Waals surface area (Å²) >= 11 is 0. The third-order valence-electron chi connectivity index (χ3n) is 3.52. The molecule has 1 heterocycles. The molecule has 2 aromatic rings. The van der Waals surface area contributed by atoms with Crippen LogP contribution in [0.25, 0.3) is 11.8 Å². The van der Waals surface area contributed by atoms with Gasteiger partial charge in [-0.25, -0.2) is 4.79 Å². The molecule has 1 aliphatic rings. The zero-order chi connectivity index (χ0) is 16.2. The first-order valence-electron chi connectivity index (χ1n) is 7.14. The SMILES string of the molecule is COc1ccc(OC)c(C2=C/C(=C/c3ccccc3)C(=O)O2)c1. The van der Waals surface area contributed by atoms with Gasteiger partial charge in [-0.15, -0.1) is 0 Å². The van der Waals surface area contributed by atoms with Crippen LogP contribution in [0.1, 0.15) is 11.1 Å². The maximum absolute atomic E-state index is 12.1. The molecule has 4 heteroatoms. The molecular formula is C19H16O4. The molecule has 3 rings (SSSR count). The molecular weight excluding hydrogens is 292 g/mol. The zero-order valence-electron chi connectivity index (χ0n) is 12.9. The number of hydrogen-bond acceptors (Lipinski definition) is 4. The summed E-state index contributed by atoms with van der Waals surface area (Å²) in [5.74, 6) is 1.35. The van der Waals surface area contributed by atoms with Gasteiger partial charge in [0, 0.05) is 0 Å². The van der Waals surface area contributed by atoms with E-state index in [0.29, 0.717) is 28.4 Å². The highest BCUT2D eigenvalue weighted by atomic mass is 16.5. The van der Waals surface area contributed by atoms with Crippen molar-refractivity contribution in [2.24, 2.45) is 0 Å². The number of methoxy groups -OCH3 is 2. The van der Waals surface area contributed by atoms with Crippen LogP contribution in [0.5, 0.6) is 11.5 Å². The number of cyclic esters (lactones) is 1. The molecule has 4 nitrogen and oxygen atoms in total. The summed E-state index contributed by atoms with van der Waals surface area (Å²) in [7, 11) is 3.16. The van der Waals surface area contributed by atoms with Crippen molar-refractivity contribution < 1.29 is 19.0 Å². The Kier molecular flexibility index (Phi) is 4.15. The summed E-state index contributed by atoms with van der Waals surface area (Å²) in [5, 5.41) is 0. The second-order valence-corrected chi connectivity index (χ2v) is 4.97. The summed E-state index contributed by atoms with van der Waals surface area (Å²) in [5.41, 5.74) is 2.11. The monoisotopic (exact) mass is 308 g/mol.